The zero-order valence-electron chi connectivity index (χ0n) is 12.5. The average molecular weight is 289 g/mol. The van der Waals surface area contributed by atoms with Crippen LogP contribution in [0.4, 0.5) is 0 Å². The quantitative estimate of drug-likeness (QED) is 0.911. The summed E-state index contributed by atoms with van der Waals surface area (Å²) in [6, 6.07) is 3.64. The highest BCUT2D eigenvalue weighted by Gasteiger charge is 2.32. The van der Waals surface area contributed by atoms with Gasteiger partial charge < -0.3 is 15.0 Å². The maximum atomic E-state index is 12.5. The normalized spacial score (nSPS) is 26.8. The number of amides is 1. The van der Waals surface area contributed by atoms with E-state index in [1.165, 1.54) is 0 Å². The minimum atomic E-state index is -0.453. The molecule has 0 aromatic carbocycles. The van der Waals surface area contributed by atoms with E-state index in [1.54, 1.807) is 12.4 Å². The number of carbonyl (C=O) groups excluding carboxylic acids is 1. The maximum absolute atomic E-state index is 12.5. The lowest BCUT2D eigenvalue weighted by atomic mass is 9.92. The molecule has 2 saturated heterocycles. The number of hydrogen-bond donors (Lipinski definition) is 1. The molecule has 114 valence electrons. The number of aromatic nitrogens is 1. The van der Waals surface area contributed by atoms with Gasteiger partial charge in [-0.2, -0.15) is 0 Å². The van der Waals surface area contributed by atoms with Gasteiger partial charge in [0.15, 0.2) is 6.10 Å². The zero-order chi connectivity index (χ0) is 14.7. The molecule has 0 radical (unpaired) electrons. The molecule has 0 spiro atoms. The summed E-state index contributed by atoms with van der Waals surface area (Å²) in [7, 11) is 0. The Labute approximate surface area is 125 Å². The van der Waals surface area contributed by atoms with Crippen molar-refractivity contribution in [3.8, 4) is 5.75 Å². The van der Waals surface area contributed by atoms with Gasteiger partial charge in [-0.1, -0.05) is 0 Å². The van der Waals surface area contributed by atoms with Crippen LogP contribution in [-0.2, 0) is 4.79 Å². The van der Waals surface area contributed by atoms with Crippen LogP contribution in [0.25, 0.3) is 0 Å². The fourth-order valence-corrected chi connectivity index (χ4v) is 3.37. The molecule has 3 atom stereocenters. The van der Waals surface area contributed by atoms with E-state index < -0.39 is 6.10 Å². The van der Waals surface area contributed by atoms with Gasteiger partial charge in [-0.25, -0.2) is 0 Å². The molecule has 3 heterocycles. The van der Waals surface area contributed by atoms with Gasteiger partial charge in [-0.3, -0.25) is 9.78 Å². The van der Waals surface area contributed by atoms with Crippen molar-refractivity contribution in [1.82, 2.24) is 15.2 Å². The fraction of sp³-hybridized carbons (Fsp3) is 0.625. The number of nitrogens with one attached hydrogen (secondary N) is 1. The van der Waals surface area contributed by atoms with E-state index in [0.29, 0.717) is 5.75 Å². The van der Waals surface area contributed by atoms with Crippen molar-refractivity contribution >= 4 is 5.91 Å². The molecular formula is C16H23N3O2. The van der Waals surface area contributed by atoms with Crippen LogP contribution >= 0.6 is 0 Å². The van der Waals surface area contributed by atoms with Crippen molar-refractivity contribution in [3.05, 3.63) is 24.5 Å². The standard InChI is InChI=1S/C16H23N3O2/c1-12(21-15-3-2-6-17-11-15)16(20)19-7-4-13-9-18-10-14(13)5-8-19/h2-3,6,11-14,18H,4-5,7-10H2,1H3/t12?,13-,14+. The van der Waals surface area contributed by atoms with E-state index in [1.807, 2.05) is 24.0 Å². The molecule has 1 N–H and O–H groups in total. The molecule has 0 saturated carbocycles. The number of ether oxygens (including phenoxy) is 1. The molecule has 5 nitrogen and oxygen atoms in total. The Balaban J connectivity index is 1.57. The predicted molar refractivity (Wildman–Crippen MR) is 80.0 cm³/mol. The number of likely N-dealkylation sites (tertiary alicyclic amines) is 1. The molecule has 21 heavy (non-hydrogen) atoms. The molecule has 3 rings (SSSR count). The number of pyridine rings is 1. The summed E-state index contributed by atoms with van der Waals surface area (Å²) in [6.45, 7) is 5.73. The highest BCUT2D eigenvalue weighted by Crippen LogP contribution is 2.27. The van der Waals surface area contributed by atoms with Gasteiger partial charge in [-0.15, -0.1) is 0 Å². The molecule has 1 aromatic rings. The van der Waals surface area contributed by atoms with Crippen molar-refractivity contribution in [2.24, 2.45) is 11.8 Å². The summed E-state index contributed by atoms with van der Waals surface area (Å²) in [5.74, 6) is 2.20. The predicted octanol–water partition coefficient (Wildman–Crippen LogP) is 1.31. The first-order chi connectivity index (χ1) is 10.2. The second kappa shape index (κ2) is 6.43. The van der Waals surface area contributed by atoms with Crippen LogP contribution in [0.1, 0.15) is 19.8 Å². The van der Waals surface area contributed by atoms with Crippen molar-refractivity contribution in [1.29, 1.82) is 0 Å². The molecule has 1 unspecified atom stereocenters. The summed E-state index contributed by atoms with van der Waals surface area (Å²) < 4.78 is 5.70. The van der Waals surface area contributed by atoms with Crippen molar-refractivity contribution < 1.29 is 9.53 Å². The lowest BCUT2D eigenvalue weighted by molar-refractivity contribution is -0.137. The molecule has 5 heteroatoms. The first-order valence-corrected chi connectivity index (χ1v) is 7.80. The van der Waals surface area contributed by atoms with Gasteiger partial charge in [0.25, 0.3) is 5.91 Å². The number of fused-ring (bicyclic) bond motifs is 1. The van der Waals surface area contributed by atoms with Crippen LogP contribution in [0.5, 0.6) is 5.75 Å². The molecule has 0 aliphatic carbocycles. The minimum absolute atomic E-state index is 0.0896. The average Bonchev–Trinajstić information content (AvgIpc) is 2.86. The van der Waals surface area contributed by atoms with Gasteiger partial charge in [0, 0.05) is 19.3 Å². The van der Waals surface area contributed by atoms with E-state index in [9.17, 15) is 4.79 Å². The van der Waals surface area contributed by atoms with Gasteiger partial charge >= 0.3 is 0 Å². The number of hydrogen-bond acceptors (Lipinski definition) is 4. The zero-order valence-corrected chi connectivity index (χ0v) is 12.5. The Bertz CT molecular complexity index is 466. The van der Waals surface area contributed by atoms with E-state index >= 15 is 0 Å². The van der Waals surface area contributed by atoms with Gasteiger partial charge in [0.05, 0.1) is 6.20 Å². The molecule has 1 amide bonds. The topological polar surface area (TPSA) is 54.5 Å². The Hall–Kier alpha value is -1.62. The molecule has 0 bridgehead atoms. The first-order valence-electron chi connectivity index (χ1n) is 7.80. The maximum Gasteiger partial charge on any atom is 0.263 e. The Morgan fingerprint density at radius 1 is 1.38 bits per heavy atom. The third-order valence-electron chi connectivity index (χ3n) is 4.63. The molecule has 2 aliphatic heterocycles. The van der Waals surface area contributed by atoms with Crippen LogP contribution < -0.4 is 10.1 Å². The van der Waals surface area contributed by atoms with E-state index in [4.69, 9.17) is 4.74 Å². The highest BCUT2D eigenvalue weighted by molar-refractivity contribution is 5.80. The summed E-state index contributed by atoms with van der Waals surface area (Å²) in [5.41, 5.74) is 0. The van der Waals surface area contributed by atoms with Crippen molar-refractivity contribution in [3.63, 3.8) is 0 Å². The SMILES string of the molecule is CC(Oc1cccnc1)C(=O)N1CC[C@@H]2CNC[C@@H]2CC1. The number of carbonyl (C=O) groups is 1. The minimum Gasteiger partial charge on any atom is -0.479 e. The van der Waals surface area contributed by atoms with Gasteiger partial charge in [0.1, 0.15) is 5.75 Å². The van der Waals surface area contributed by atoms with Crippen LogP contribution in [-0.4, -0.2) is 48.1 Å². The molecule has 1 aromatic heterocycles. The van der Waals surface area contributed by atoms with Gasteiger partial charge in [0.2, 0.25) is 0 Å². The Morgan fingerprint density at radius 3 is 2.71 bits per heavy atom. The van der Waals surface area contributed by atoms with Gasteiger partial charge in [-0.05, 0) is 56.8 Å². The second-order valence-electron chi connectivity index (χ2n) is 6.03. The van der Waals surface area contributed by atoms with Crippen LogP contribution in [0.3, 0.4) is 0 Å². The summed E-state index contributed by atoms with van der Waals surface area (Å²) in [5, 5.41) is 3.46. The number of rotatable bonds is 3. The van der Waals surface area contributed by atoms with Crippen LogP contribution in [0, 0.1) is 11.8 Å². The Kier molecular flexibility index (Phi) is 4.39. The fourth-order valence-electron chi connectivity index (χ4n) is 3.37. The summed E-state index contributed by atoms with van der Waals surface area (Å²) >= 11 is 0. The lowest BCUT2D eigenvalue weighted by Gasteiger charge is -2.24. The molecule has 2 aliphatic rings. The van der Waals surface area contributed by atoms with E-state index in [2.05, 4.69) is 10.3 Å². The molecule has 2 fully saturated rings. The largest absolute Gasteiger partial charge is 0.479 e. The van der Waals surface area contributed by atoms with E-state index in [-0.39, 0.29) is 5.91 Å². The lowest BCUT2D eigenvalue weighted by Crippen LogP contribution is -2.41. The van der Waals surface area contributed by atoms with E-state index in [0.717, 1.165) is 50.9 Å². The Morgan fingerprint density at radius 2 is 2.10 bits per heavy atom. The first kappa shape index (κ1) is 14.3. The smallest absolute Gasteiger partial charge is 0.263 e. The summed E-state index contributed by atoms with van der Waals surface area (Å²) in [4.78, 5) is 18.5. The molecular weight excluding hydrogens is 266 g/mol. The van der Waals surface area contributed by atoms with Crippen LogP contribution in [0.15, 0.2) is 24.5 Å². The second-order valence-corrected chi connectivity index (χ2v) is 6.03. The highest BCUT2D eigenvalue weighted by atomic mass is 16.5. The monoisotopic (exact) mass is 289 g/mol. The third-order valence-corrected chi connectivity index (χ3v) is 4.63. The van der Waals surface area contributed by atoms with Crippen molar-refractivity contribution in [2.45, 2.75) is 25.9 Å². The number of nitrogens with zero attached hydrogens (tertiary/aromatic N) is 2. The summed E-state index contributed by atoms with van der Waals surface area (Å²) in [6.07, 6.45) is 5.08. The van der Waals surface area contributed by atoms with Crippen LogP contribution in [0.2, 0.25) is 0 Å². The van der Waals surface area contributed by atoms with Crippen molar-refractivity contribution in [2.75, 3.05) is 26.2 Å². The third kappa shape index (κ3) is 3.35.